The van der Waals surface area contributed by atoms with Gasteiger partial charge in [-0.15, -0.1) is 0 Å². The van der Waals surface area contributed by atoms with Crippen molar-refractivity contribution in [2.45, 2.75) is 19.9 Å². The Hall–Kier alpha value is -1.74. The number of rotatable bonds is 2. The van der Waals surface area contributed by atoms with Gasteiger partial charge in [-0.1, -0.05) is 24.3 Å². The standard InChI is InChI=1S/C15H15F2N/c1-9-7-10(2)14(13(17)8-9)15(18)11-5-3-4-6-12(11)16/h3-8,15H,18H2,1-2H3. The van der Waals surface area contributed by atoms with Gasteiger partial charge in [0.2, 0.25) is 0 Å². The summed E-state index contributed by atoms with van der Waals surface area (Å²) >= 11 is 0. The maximum atomic E-state index is 14.0. The Morgan fingerprint density at radius 3 is 2.28 bits per heavy atom. The van der Waals surface area contributed by atoms with Crippen molar-refractivity contribution in [2.24, 2.45) is 5.73 Å². The number of benzene rings is 2. The van der Waals surface area contributed by atoms with E-state index in [4.69, 9.17) is 5.73 Å². The zero-order valence-corrected chi connectivity index (χ0v) is 10.4. The molecule has 94 valence electrons. The van der Waals surface area contributed by atoms with Crippen molar-refractivity contribution < 1.29 is 8.78 Å². The van der Waals surface area contributed by atoms with E-state index in [1.807, 2.05) is 13.0 Å². The van der Waals surface area contributed by atoms with Gasteiger partial charge in [-0.05, 0) is 37.1 Å². The summed E-state index contributed by atoms with van der Waals surface area (Å²) < 4.78 is 27.6. The van der Waals surface area contributed by atoms with Gasteiger partial charge >= 0.3 is 0 Å². The maximum absolute atomic E-state index is 14.0. The van der Waals surface area contributed by atoms with Gasteiger partial charge in [0, 0.05) is 11.1 Å². The Labute approximate surface area is 105 Å². The van der Waals surface area contributed by atoms with E-state index in [9.17, 15) is 8.78 Å². The fourth-order valence-corrected chi connectivity index (χ4v) is 2.20. The predicted molar refractivity (Wildman–Crippen MR) is 68.3 cm³/mol. The second kappa shape index (κ2) is 4.86. The molecule has 2 N–H and O–H groups in total. The highest BCUT2D eigenvalue weighted by Crippen LogP contribution is 2.27. The minimum absolute atomic E-state index is 0.309. The van der Waals surface area contributed by atoms with Crippen molar-refractivity contribution in [3.8, 4) is 0 Å². The van der Waals surface area contributed by atoms with Gasteiger partial charge in [0.1, 0.15) is 11.6 Å². The molecule has 0 aliphatic carbocycles. The molecular formula is C15H15F2N. The molecule has 1 nitrogen and oxygen atoms in total. The van der Waals surface area contributed by atoms with Gasteiger partial charge in [-0.25, -0.2) is 8.78 Å². The third-order valence-electron chi connectivity index (χ3n) is 3.03. The largest absolute Gasteiger partial charge is 0.320 e. The van der Waals surface area contributed by atoms with Crippen LogP contribution in [0.5, 0.6) is 0 Å². The summed E-state index contributed by atoms with van der Waals surface area (Å²) in [7, 11) is 0. The topological polar surface area (TPSA) is 26.0 Å². The summed E-state index contributed by atoms with van der Waals surface area (Å²) in [5.74, 6) is -0.798. The van der Waals surface area contributed by atoms with E-state index in [0.717, 1.165) is 11.1 Å². The van der Waals surface area contributed by atoms with E-state index in [1.165, 1.54) is 12.1 Å². The molecule has 2 aromatic carbocycles. The first kappa shape index (κ1) is 12.7. The van der Waals surface area contributed by atoms with Crippen LogP contribution >= 0.6 is 0 Å². The molecule has 3 heteroatoms. The molecule has 2 aromatic rings. The second-order valence-corrected chi connectivity index (χ2v) is 4.48. The van der Waals surface area contributed by atoms with E-state index in [0.29, 0.717) is 11.1 Å². The summed E-state index contributed by atoms with van der Waals surface area (Å²) in [4.78, 5) is 0. The first-order valence-electron chi connectivity index (χ1n) is 5.77. The molecule has 0 fully saturated rings. The average Bonchev–Trinajstić information content (AvgIpc) is 2.27. The van der Waals surface area contributed by atoms with E-state index in [2.05, 4.69) is 0 Å². The Kier molecular flexibility index (Phi) is 3.43. The highest BCUT2D eigenvalue weighted by atomic mass is 19.1. The van der Waals surface area contributed by atoms with E-state index in [1.54, 1.807) is 25.1 Å². The number of halogens is 2. The molecule has 0 aromatic heterocycles. The highest BCUT2D eigenvalue weighted by Gasteiger charge is 2.19. The number of hydrogen-bond donors (Lipinski definition) is 1. The molecule has 1 atom stereocenters. The van der Waals surface area contributed by atoms with Crippen LogP contribution in [-0.4, -0.2) is 0 Å². The molecule has 2 rings (SSSR count). The highest BCUT2D eigenvalue weighted by molar-refractivity contribution is 5.40. The van der Waals surface area contributed by atoms with Crippen molar-refractivity contribution in [1.29, 1.82) is 0 Å². The quantitative estimate of drug-likeness (QED) is 0.861. The minimum atomic E-state index is -0.785. The first-order chi connectivity index (χ1) is 8.50. The summed E-state index contributed by atoms with van der Waals surface area (Å²) in [6.45, 7) is 3.60. The lowest BCUT2D eigenvalue weighted by molar-refractivity contribution is 0.573. The van der Waals surface area contributed by atoms with Crippen LogP contribution in [0.2, 0.25) is 0 Å². The molecule has 18 heavy (non-hydrogen) atoms. The molecule has 0 bridgehead atoms. The third-order valence-corrected chi connectivity index (χ3v) is 3.03. The molecule has 0 saturated heterocycles. The van der Waals surface area contributed by atoms with Crippen LogP contribution in [0, 0.1) is 25.5 Å². The SMILES string of the molecule is Cc1cc(C)c(C(N)c2ccccc2F)c(F)c1. The van der Waals surface area contributed by atoms with Crippen molar-refractivity contribution in [3.05, 3.63) is 70.3 Å². The summed E-state index contributed by atoms with van der Waals surface area (Å²) in [5, 5.41) is 0. The summed E-state index contributed by atoms with van der Waals surface area (Å²) in [6, 6.07) is 8.67. The van der Waals surface area contributed by atoms with Crippen LogP contribution in [0.4, 0.5) is 8.78 Å². The van der Waals surface area contributed by atoms with Crippen LogP contribution in [0.1, 0.15) is 28.3 Å². The molecule has 0 aliphatic heterocycles. The molecule has 0 saturated carbocycles. The second-order valence-electron chi connectivity index (χ2n) is 4.48. The number of nitrogens with two attached hydrogens (primary N) is 1. The predicted octanol–water partition coefficient (Wildman–Crippen LogP) is 3.63. The minimum Gasteiger partial charge on any atom is -0.320 e. The normalized spacial score (nSPS) is 12.5. The van der Waals surface area contributed by atoms with Crippen LogP contribution in [0.3, 0.4) is 0 Å². The Balaban J connectivity index is 2.53. The molecule has 0 amide bonds. The van der Waals surface area contributed by atoms with Crippen LogP contribution < -0.4 is 5.73 Å². The Morgan fingerprint density at radius 1 is 1.00 bits per heavy atom. The molecular weight excluding hydrogens is 232 g/mol. The van der Waals surface area contributed by atoms with Crippen LogP contribution in [-0.2, 0) is 0 Å². The molecule has 0 radical (unpaired) electrons. The Morgan fingerprint density at radius 2 is 1.67 bits per heavy atom. The Bertz CT molecular complexity index is 555. The monoisotopic (exact) mass is 247 g/mol. The zero-order valence-electron chi connectivity index (χ0n) is 10.4. The van der Waals surface area contributed by atoms with Gasteiger partial charge in [0.15, 0.2) is 0 Å². The average molecular weight is 247 g/mol. The lowest BCUT2D eigenvalue weighted by Gasteiger charge is -2.17. The van der Waals surface area contributed by atoms with Crippen molar-refractivity contribution in [2.75, 3.05) is 0 Å². The van der Waals surface area contributed by atoms with E-state index in [-0.39, 0.29) is 5.82 Å². The fraction of sp³-hybridized carbons (Fsp3) is 0.200. The van der Waals surface area contributed by atoms with Gasteiger partial charge in [-0.3, -0.25) is 0 Å². The number of aryl methyl sites for hydroxylation is 2. The van der Waals surface area contributed by atoms with Gasteiger partial charge in [-0.2, -0.15) is 0 Å². The molecule has 0 spiro atoms. The van der Waals surface area contributed by atoms with Crippen molar-refractivity contribution in [1.82, 2.24) is 0 Å². The van der Waals surface area contributed by atoms with Crippen molar-refractivity contribution in [3.63, 3.8) is 0 Å². The summed E-state index contributed by atoms with van der Waals surface area (Å²) in [5.41, 5.74) is 8.22. The van der Waals surface area contributed by atoms with E-state index < -0.39 is 11.9 Å². The van der Waals surface area contributed by atoms with Crippen LogP contribution in [0.15, 0.2) is 36.4 Å². The maximum Gasteiger partial charge on any atom is 0.128 e. The smallest absolute Gasteiger partial charge is 0.128 e. The lowest BCUT2D eigenvalue weighted by atomic mass is 9.93. The van der Waals surface area contributed by atoms with Gasteiger partial charge in [0.25, 0.3) is 0 Å². The van der Waals surface area contributed by atoms with Crippen molar-refractivity contribution >= 4 is 0 Å². The molecule has 1 unspecified atom stereocenters. The summed E-state index contributed by atoms with van der Waals surface area (Å²) in [6.07, 6.45) is 0. The zero-order chi connectivity index (χ0) is 13.3. The van der Waals surface area contributed by atoms with Gasteiger partial charge in [0.05, 0.1) is 6.04 Å². The molecule has 0 aliphatic rings. The lowest BCUT2D eigenvalue weighted by Crippen LogP contribution is -2.16. The van der Waals surface area contributed by atoms with Crippen LogP contribution in [0.25, 0.3) is 0 Å². The third kappa shape index (κ3) is 2.27. The first-order valence-corrected chi connectivity index (χ1v) is 5.77. The van der Waals surface area contributed by atoms with Gasteiger partial charge < -0.3 is 5.73 Å². The molecule has 0 heterocycles. The number of hydrogen-bond acceptors (Lipinski definition) is 1. The fourth-order valence-electron chi connectivity index (χ4n) is 2.20. The van der Waals surface area contributed by atoms with E-state index >= 15 is 0 Å².